The summed E-state index contributed by atoms with van der Waals surface area (Å²) in [5.74, 6) is -0.413. The van der Waals surface area contributed by atoms with Gasteiger partial charge in [0.25, 0.3) is 0 Å². The Kier molecular flexibility index (Phi) is 6.67. The van der Waals surface area contributed by atoms with Crippen molar-refractivity contribution in [3.05, 3.63) is 48.0 Å². The molecule has 20 heavy (non-hydrogen) atoms. The Hall–Kier alpha value is -1.94. The van der Waals surface area contributed by atoms with Crippen molar-refractivity contribution < 1.29 is 19.1 Å². The topological polar surface area (TPSA) is 52.6 Å². The molecule has 1 atom stereocenters. The quantitative estimate of drug-likeness (QED) is 0.416. The minimum atomic E-state index is -0.946. The van der Waals surface area contributed by atoms with Gasteiger partial charge in [-0.3, -0.25) is 0 Å². The third-order valence-corrected chi connectivity index (χ3v) is 2.72. The summed E-state index contributed by atoms with van der Waals surface area (Å²) in [4.78, 5) is 22.3. The molecule has 1 rings (SSSR count). The van der Waals surface area contributed by atoms with Crippen LogP contribution in [-0.2, 0) is 25.7 Å². The first kappa shape index (κ1) is 16.1. The molecule has 0 aliphatic rings. The van der Waals surface area contributed by atoms with Crippen LogP contribution in [0.15, 0.2) is 42.5 Å². The molecule has 0 N–H and O–H groups in total. The highest BCUT2D eigenvalue weighted by Crippen LogP contribution is 2.16. The molecule has 0 aliphatic heterocycles. The van der Waals surface area contributed by atoms with Crippen LogP contribution in [0.3, 0.4) is 0 Å². The minimum Gasteiger partial charge on any atom is -0.463 e. The van der Waals surface area contributed by atoms with E-state index in [1.165, 1.54) is 6.08 Å². The van der Waals surface area contributed by atoms with Crippen LogP contribution < -0.4 is 0 Å². The highest BCUT2D eigenvalue weighted by molar-refractivity contribution is 5.82. The molecular formula is C16H20O4. The van der Waals surface area contributed by atoms with E-state index in [4.69, 9.17) is 9.47 Å². The fraction of sp³-hybridized carbons (Fsp3) is 0.375. The Morgan fingerprint density at radius 1 is 1.30 bits per heavy atom. The number of rotatable bonds is 8. The second kappa shape index (κ2) is 8.27. The predicted molar refractivity (Wildman–Crippen MR) is 76.1 cm³/mol. The third kappa shape index (κ3) is 5.80. The van der Waals surface area contributed by atoms with E-state index in [0.29, 0.717) is 19.6 Å². The fourth-order valence-corrected chi connectivity index (χ4v) is 1.54. The zero-order valence-electron chi connectivity index (χ0n) is 11.9. The first-order chi connectivity index (χ1) is 9.59. The van der Waals surface area contributed by atoms with Gasteiger partial charge in [-0.25, -0.2) is 4.79 Å². The van der Waals surface area contributed by atoms with Gasteiger partial charge < -0.3 is 14.3 Å². The highest BCUT2D eigenvalue weighted by Gasteiger charge is 2.22. The lowest BCUT2D eigenvalue weighted by atomic mass is 10.0. The summed E-state index contributed by atoms with van der Waals surface area (Å²) in [6, 6.07) is 9.61. The van der Waals surface area contributed by atoms with Gasteiger partial charge in [0.05, 0.1) is 13.2 Å². The van der Waals surface area contributed by atoms with E-state index >= 15 is 0 Å². The van der Waals surface area contributed by atoms with Crippen LogP contribution in [0.5, 0.6) is 0 Å². The Labute approximate surface area is 119 Å². The monoisotopic (exact) mass is 276 g/mol. The first-order valence-electron chi connectivity index (χ1n) is 6.57. The molecule has 1 aromatic rings. The zero-order chi connectivity index (χ0) is 14.8. The van der Waals surface area contributed by atoms with E-state index in [9.17, 15) is 9.59 Å². The fourth-order valence-electron chi connectivity index (χ4n) is 1.54. The maximum atomic E-state index is 11.2. The Morgan fingerprint density at radius 2 is 2.00 bits per heavy atom. The number of benzene rings is 1. The molecule has 0 fully saturated rings. The summed E-state index contributed by atoms with van der Waals surface area (Å²) in [6.45, 7) is 4.12. The highest BCUT2D eigenvalue weighted by atomic mass is 16.5. The lowest BCUT2D eigenvalue weighted by molar-refractivity contribution is -0.137. The van der Waals surface area contributed by atoms with E-state index in [-0.39, 0.29) is 0 Å². The molecule has 0 aliphatic carbocycles. The average Bonchev–Trinajstić information content (AvgIpc) is 2.46. The van der Waals surface area contributed by atoms with Gasteiger partial charge in [-0.2, -0.15) is 0 Å². The molecule has 4 heteroatoms. The van der Waals surface area contributed by atoms with Crippen LogP contribution in [-0.4, -0.2) is 24.5 Å². The standard InChI is InChI=1S/C16H20O4/c1-3-19-15(18)10-7-11-16(2,13-17)20-12-14-8-5-4-6-9-14/h4-10,13H,3,11-12H2,1-2H3/b10-7+/t16-/m1/s1. The number of hydrogen-bond donors (Lipinski definition) is 0. The average molecular weight is 276 g/mol. The number of aldehydes is 1. The van der Waals surface area contributed by atoms with E-state index in [1.807, 2.05) is 30.3 Å². The summed E-state index contributed by atoms with van der Waals surface area (Å²) in [5.41, 5.74) is 0.0497. The Morgan fingerprint density at radius 3 is 2.60 bits per heavy atom. The van der Waals surface area contributed by atoms with Crippen LogP contribution in [0, 0.1) is 0 Å². The lowest BCUT2D eigenvalue weighted by Crippen LogP contribution is -2.29. The van der Waals surface area contributed by atoms with Crippen molar-refractivity contribution in [2.75, 3.05) is 6.61 Å². The summed E-state index contributed by atoms with van der Waals surface area (Å²) < 4.78 is 10.4. The smallest absolute Gasteiger partial charge is 0.330 e. The number of carbonyl (C=O) groups is 2. The molecule has 0 saturated carbocycles. The van der Waals surface area contributed by atoms with Crippen LogP contribution in [0.1, 0.15) is 25.8 Å². The lowest BCUT2D eigenvalue weighted by Gasteiger charge is -2.22. The first-order valence-corrected chi connectivity index (χ1v) is 6.57. The van der Waals surface area contributed by atoms with Gasteiger partial charge in [-0.15, -0.1) is 0 Å². The maximum Gasteiger partial charge on any atom is 0.330 e. The number of ether oxygens (including phenoxy) is 2. The molecule has 0 bridgehead atoms. The van der Waals surface area contributed by atoms with Crippen molar-refractivity contribution in [2.45, 2.75) is 32.5 Å². The Balaban J connectivity index is 2.50. The van der Waals surface area contributed by atoms with Crippen LogP contribution in [0.25, 0.3) is 0 Å². The molecule has 1 aromatic carbocycles. The molecule has 0 amide bonds. The van der Waals surface area contributed by atoms with Crippen molar-refractivity contribution in [1.29, 1.82) is 0 Å². The van der Waals surface area contributed by atoms with Gasteiger partial charge in [0, 0.05) is 12.5 Å². The van der Waals surface area contributed by atoms with Crippen LogP contribution >= 0.6 is 0 Å². The molecule has 0 unspecified atom stereocenters. The van der Waals surface area contributed by atoms with Gasteiger partial charge in [0.1, 0.15) is 5.60 Å². The van der Waals surface area contributed by atoms with E-state index < -0.39 is 11.6 Å². The largest absolute Gasteiger partial charge is 0.463 e. The summed E-state index contributed by atoms with van der Waals surface area (Å²) in [7, 11) is 0. The molecule has 0 aromatic heterocycles. The van der Waals surface area contributed by atoms with Crippen molar-refractivity contribution in [3.8, 4) is 0 Å². The molecule has 0 spiro atoms. The van der Waals surface area contributed by atoms with Gasteiger partial charge in [0.15, 0.2) is 6.29 Å². The van der Waals surface area contributed by atoms with Crippen LogP contribution in [0.2, 0.25) is 0 Å². The number of carbonyl (C=O) groups excluding carboxylic acids is 2. The van der Waals surface area contributed by atoms with Gasteiger partial charge in [-0.1, -0.05) is 36.4 Å². The van der Waals surface area contributed by atoms with Gasteiger partial charge >= 0.3 is 5.97 Å². The minimum absolute atomic E-state index is 0.322. The van der Waals surface area contributed by atoms with Crippen LogP contribution in [0.4, 0.5) is 0 Å². The normalized spacial score (nSPS) is 13.9. The van der Waals surface area contributed by atoms with Gasteiger partial charge in [0.2, 0.25) is 0 Å². The van der Waals surface area contributed by atoms with Crippen molar-refractivity contribution in [2.24, 2.45) is 0 Å². The second-order valence-corrected chi connectivity index (χ2v) is 4.56. The van der Waals surface area contributed by atoms with Crippen molar-refractivity contribution in [3.63, 3.8) is 0 Å². The summed E-state index contributed by atoms with van der Waals surface area (Å²) in [6.07, 6.45) is 3.99. The van der Waals surface area contributed by atoms with Crippen molar-refractivity contribution in [1.82, 2.24) is 0 Å². The maximum absolute atomic E-state index is 11.2. The molecular weight excluding hydrogens is 256 g/mol. The zero-order valence-corrected chi connectivity index (χ0v) is 11.9. The van der Waals surface area contributed by atoms with E-state index in [2.05, 4.69) is 0 Å². The second-order valence-electron chi connectivity index (χ2n) is 4.56. The predicted octanol–water partition coefficient (Wildman–Crippen LogP) is 2.67. The summed E-state index contributed by atoms with van der Waals surface area (Å²) >= 11 is 0. The molecule has 4 nitrogen and oxygen atoms in total. The van der Waals surface area contributed by atoms with E-state index in [0.717, 1.165) is 11.8 Å². The van der Waals surface area contributed by atoms with E-state index in [1.54, 1.807) is 19.9 Å². The number of hydrogen-bond acceptors (Lipinski definition) is 4. The SMILES string of the molecule is CCOC(=O)/C=C/C[C@](C)(C=O)OCc1ccccc1. The molecule has 0 saturated heterocycles. The third-order valence-electron chi connectivity index (χ3n) is 2.72. The van der Waals surface area contributed by atoms with Gasteiger partial charge in [-0.05, 0) is 19.4 Å². The number of esters is 1. The molecule has 0 heterocycles. The Bertz CT molecular complexity index is 453. The summed E-state index contributed by atoms with van der Waals surface area (Å²) in [5, 5.41) is 0. The van der Waals surface area contributed by atoms with Crippen molar-refractivity contribution >= 4 is 12.3 Å². The molecule has 0 radical (unpaired) electrons. The molecule has 108 valence electrons.